The summed E-state index contributed by atoms with van der Waals surface area (Å²) in [7, 11) is 3.63. The topological polar surface area (TPSA) is 43.7 Å². The van der Waals surface area contributed by atoms with Gasteiger partial charge in [0.2, 0.25) is 0 Å². The van der Waals surface area contributed by atoms with Gasteiger partial charge < -0.3 is 15.1 Å². The van der Waals surface area contributed by atoms with Crippen molar-refractivity contribution in [3.8, 4) is 0 Å². The van der Waals surface area contributed by atoms with Crippen molar-refractivity contribution >= 4 is 0 Å². The molecule has 0 aromatic heterocycles. The van der Waals surface area contributed by atoms with Crippen LogP contribution < -0.4 is 0 Å². The van der Waals surface area contributed by atoms with Gasteiger partial charge in [-0.2, -0.15) is 0 Å². The van der Waals surface area contributed by atoms with Crippen LogP contribution in [0.15, 0.2) is 0 Å². The highest BCUT2D eigenvalue weighted by Gasteiger charge is 2.05. The van der Waals surface area contributed by atoms with Crippen LogP contribution in [0.5, 0.6) is 0 Å². The van der Waals surface area contributed by atoms with E-state index in [-0.39, 0.29) is 19.3 Å². The zero-order valence-electron chi connectivity index (χ0n) is 5.33. The standard InChI is InChI=1S/C5H13NO2/c1-6(2)5(3-7)4-8/h5,7-8H,3-4H2,1-2H3. The molecule has 0 aliphatic heterocycles. The fourth-order valence-electron chi connectivity index (χ4n) is 0.384. The molecule has 0 atom stereocenters. The lowest BCUT2D eigenvalue weighted by atomic mass is 10.3. The van der Waals surface area contributed by atoms with E-state index in [2.05, 4.69) is 0 Å². The van der Waals surface area contributed by atoms with Crippen molar-refractivity contribution in [1.82, 2.24) is 4.90 Å². The second kappa shape index (κ2) is 3.83. The first-order valence-electron chi connectivity index (χ1n) is 2.60. The second-order valence-electron chi connectivity index (χ2n) is 1.98. The van der Waals surface area contributed by atoms with Gasteiger partial charge in [0.25, 0.3) is 0 Å². The molecule has 0 aromatic carbocycles. The number of rotatable bonds is 3. The van der Waals surface area contributed by atoms with Crippen LogP contribution in [-0.2, 0) is 0 Å². The minimum absolute atomic E-state index is 0.0174. The largest absolute Gasteiger partial charge is 0.395 e. The first kappa shape index (κ1) is 7.88. The molecule has 0 saturated carbocycles. The molecule has 2 N–H and O–H groups in total. The van der Waals surface area contributed by atoms with E-state index in [1.807, 2.05) is 14.1 Å². The summed E-state index contributed by atoms with van der Waals surface area (Å²) in [5.74, 6) is 0. The van der Waals surface area contributed by atoms with E-state index in [1.54, 1.807) is 4.90 Å². The van der Waals surface area contributed by atoms with Crippen LogP contribution in [0.4, 0.5) is 0 Å². The number of hydrogen-bond donors (Lipinski definition) is 2. The fourth-order valence-corrected chi connectivity index (χ4v) is 0.384. The Labute approximate surface area is 49.5 Å². The highest BCUT2D eigenvalue weighted by Crippen LogP contribution is 1.87. The van der Waals surface area contributed by atoms with E-state index in [1.165, 1.54) is 0 Å². The average Bonchev–Trinajstić information content (AvgIpc) is 1.69. The molecule has 0 rings (SSSR count). The lowest BCUT2D eigenvalue weighted by molar-refractivity contribution is 0.108. The number of aliphatic hydroxyl groups is 2. The molecule has 0 spiro atoms. The van der Waals surface area contributed by atoms with Crippen molar-refractivity contribution in [2.24, 2.45) is 0 Å². The molecular formula is C5H13NO2. The van der Waals surface area contributed by atoms with Crippen LogP contribution in [0.1, 0.15) is 0 Å². The first-order chi connectivity index (χ1) is 3.72. The molecular weight excluding hydrogens is 106 g/mol. The Morgan fingerprint density at radius 1 is 1.25 bits per heavy atom. The number of aliphatic hydroxyl groups excluding tert-OH is 2. The van der Waals surface area contributed by atoms with E-state index in [9.17, 15) is 0 Å². The number of likely N-dealkylation sites (N-methyl/N-ethyl adjacent to an activating group) is 1. The maximum atomic E-state index is 8.49. The maximum absolute atomic E-state index is 8.49. The van der Waals surface area contributed by atoms with E-state index >= 15 is 0 Å². The molecule has 0 aliphatic carbocycles. The Morgan fingerprint density at radius 2 is 1.62 bits per heavy atom. The van der Waals surface area contributed by atoms with E-state index in [0.29, 0.717) is 0 Å². The molecule has 3 heteroatoms. The van der Waals surface area contributed by atoms with E-state index in [0.717, 1.165) is 0 Å². The van der Waals surface area contributed by atoms with Crippen LogP contribution in [0.2, 0.25) is 0 Å². The van der Waals surface area contributed by atoms with Gasteiger partial charge in [-0.25, -0.2) is 0 Å². The minimum atomic E-state index is -0.102. The van der Waals surface area contributed by atoms with Crippen molar-refractivity contribution in [3.05, 3.63) is 0 Å². The zero-order chi connectivity index (χ0) is 6.57. The van der Waals surface area contributed by atoms with Crippen LogP contribution in [0.3, 0.4) is 0 Å². The predicted octanol–water partition coefficient (Wildman–Crippen LogP) is -1.10. The number of hydrogen-bond acceptors (Lipinski definition) is 3. The molecule has 0 aromatic rings. The maximum Gasteiger partial charge on any atom is 0.0609 e. The SMILES string of the molecule is CN(C)C(CO)CO. The zero-order valence-corrected chi connectivity index (χ0v) is 5.33. The molecule has 0 bridgehead atoms. The quantitative estimate of drug-likeness (QED) is 0.495. The lowest BCUT2D eigenvalue weighted by Crippen LogP contribution is -2.34. The monoisotopic (exact) mass is 119 g/mol. The molecule has 8 heavy (non-hydrogen) atoms. The highest BCUT2D eigenvalue weighted by atomic mass is 16.3. The van der Waals surface area contributed by atoms with Gasteiger partial charge in [0.1, 0.15) is 0 Å². The van der Waals surface area contributed by atoms with Gasteiger partial charge in [-0.05, 0) is 14.1 Å². The van der Waals surface area contributed by atoms with Gasteiger partial charge in [-0.1, -0.05) is 0 Å². The Bertz CT molecular complexity index is 52.4. The molecule has 0 aliphatic rings. The van der Waals surface area contributed by atoms with Crippen molar-refractivity contribution in [2.75, 3.05) is 27.3 Å². The Balaban J connectivity index is 3.35. The molecule has 3 nitrogen and oxygen atoms in total. The van der Waals surface area contributed by atoms with Crippen molar-refractivity contribution in [1.29, 1.82) is 0 Å². The van der Waals surface area contributed by atoms with Crippen LogP contribution >= 0.6 is 0 Å². The van der Waals surface area contributed by atoms with Crippen molar-refractivity contribution in [3.63, 3.8) is 0 Å². The summed E-state index contributed by atoms with van der Waals surface area (Å²) < 4.78 is 0. The van der Waals surface area contributed by atoms with E-state index < -0.39 is 0 Å². The fraction of sp³-hybridized carbons (Fsp3) is 1.00. The molecule has 0 fully saturated rings. The highest BCUT2D eigenvalue weighted by molar-refractivity contribution is 4.60. The molecule has 0 heterocycles. The number of nitrogens with zero attached hydrogens (tertiary/aromatic N) is 1. The summed E-state index contributed by atoms with van der Waals surface area (Å²) in [6, 6.07) is -0.102. The molecule has 50 valence electrons. The average molecular weight is 119 g/mol. The van der Waals surface area contributed by atoms with Crippen LogP contribution in [0.25, 0.3) is 0 Å². The van der Waals surface area contributed by atoms with Crippen molar-refractivity contribution < 1.29 is 10.2 Å². The Hall–Kier alpha value is -0.120. The Kier molecular flexibility index (Phi) is 3.77. The summed E-state index contributed by atoms with van der Waals surface area (Å²) in [6.07, 6.45) is 0. The third-order valence-corrected chi connectivity index (χ3v) is 1.15. The van der Waals surface area contributed by atoms with Gasteiger partial charge in [0.05, 0.1) is 19.3 Å². The molecule has 0 saturated heterocycles. The summed E-state index contributed by atoms with van der Waals surface area (Å²) in [6.45, 7) is 0.0347. The predicted molar refractivity (Wildman–Crippen MR) is 31.6 cm³/mol. The summed E-state index contributed by atoms with van der Waals surface area (Å²) in [4.78, 5) is 1.78. The van der Waals surface area contributed by atoms with Gasteiger partial charge >= 0.3 is 0 Å². The second-order valence-corrected chi connectivity index (χ2v) is 1.98. The minimum Gasteiger partial charge on any atom is -0.395 e. The molecule has 0 amide bonds. The molecule has 0 unspecified atom stereocenters. The van der Waals surface area contributed by atoms with Crippen LogP contribution in [0, 0.1) is 0 Å². The van der Waals surface area contributed by atoms with Gasteiger partial charge in [0, 0.05) is 0 Å². The van der Waals surface area contributed by atoms with Gasteiger partial charge in [0.15, 0.2) is 0 Å². The van der Waals surface area contributed by atoms with Crippen LogP contribution in [-0.4, -0.2) is 48.5 Å². The smallest absolute Gasteiger partial charge is 0.0609 e. The third kappa shape index (κ3) is 2.26. The Morgan fingerprint density at radius 3 is 1.62 bits per heavy atom. The summed E-state index contributed by atoms with van der Waals surface area (Å²) in [5, 5.41) is 17.0. The summed E-state index contributed by atoms with van der Waals surface area (Å²) in [5.41, 5.74) is 0. The normalized spacial score (nSPS) is 11.2. The van der Waals surface area contributed by atoms with E-state index in [4.69, 9.17) is 10.2 Å². The third-order valence-electron chi connectivity index (χ3n) is 1.15. The first-order valence-corrected chi connectivity index (χ1v) is 2.60. The van der Waals surface area contributed by atoms with Crippen molar-refractivity contribution in [2.45, 2.75) is 6.04 Å². The lowest BCUT2D eigenvalue weighted by Gasteiger charge is -2.18. The van der Waals surface area contributed by atoms with Gasteiger partial charge in [-0.15, -0.1) is 0 Å². The summed E-state index contributed by atoms with van der Waals surface area (Å²) >= 11 is 0. The van der Waals surface area contributed by atoms with Gasteiger partial charge in [-0.3, -0.25) is 0 Å². The molecule has 0 radical (unpaired) electrons.